The zero-order chi connectivity index (χ0) is 23.2. The third-order valence-corrected chi connectivity index (χ3v) is 4.85. The fourth-order valence-corrected chi connectivity index (χ4v) is 3.21. The van der Waals surface area contributed by atoms with Crippen LogP contribution in [0.1, 0.15) is 27.7 Å². The molecule has 1 aromatic heterocycles. The van der Waals surface area contributed by atoms with Gasteiger partial charge in [0.15, 0.2) is 6.04 Å². The number of carbonyl (C=O) groups is 2. The predicted octanol–water partition coefficient (Wildman–Crippen LogP) is 2.25. The molecule has 0 saturated heterocycles. The quantitative estimate of drug-likeness (QED) is 0.269. The largest absolute Gasteiger partial charge is 0.508 e. The Morgan fingerprint density at radius 3 is 2.33 bits per heavy atom. The second kappa shape index (κ2) is 9.56. The molecule has 2 amide bonds. The number of aromatic amines is 1. The maximum absolute atomic E-state index is 13.1. The molecule has 0 unspecified atom stereocenters. The lowest BCUT2D eigenvalue weighted by molar-refractivity contribution is -0.123. The fraction of sp³-hybridized carbons (Fsp3) is 0.0417. The summed E-state index contributed by atoms with van der Waals surface area (Å²) in [4.78, 5) is 38.1. The first kappa shape index (κ1) is 21.4. The Labute approximate surface area is 187 Å². The van der Waals surface area contributed by atoms with Crippen LogP contribution in [0.5, 0.6) is 5.75 Å². The summed E-state index contributed by atoms with van der Waals surface area (Å²) in [6.45, 7) is 0. The van der Waals surface area contributed by atoms with Crippen LogP contribution in [0.3, 0.4) is 0 Å². The van der Waals surface area contributed by atoms with Crippen molar-refractivity contribution in [2.75, 3.05) is 0 Å². The minimum atomic E-state index is -1.24. The lowest BCUT2D eigenvalue weighted by Crippen LogP contribution is -2.40. The summed E-state index contributed by atoms with van der Waals surface area (Å²) in [5.41, 5.74) is 3.17. The van der Waals surface area contributed by atoms with Crippen molar-refractivity contribution in [1.82, 2.24) is 20.9 Å². The Morgan fingerprint density at radius 1 is 0.939 bits per heavy atom. The number of amides is 2. The molecule has 0 spiro atoms. The van der Waals surface area contributed by atoms with E-state index in [0.717, 1.165) is 0 Å². The van der Waals surface area contributed by atoms with Gasteiger partial charge in [0.25, 0.3) is 17.4 Å². The Kier molecular flexibility index (Phi) is 6.21. The normalized spacial score (nSPS) is 11.9. The highest BCUT2D eigenvalue weighted by Gasteiger charge is 2.27. The topological polar surface area (TPSA) is 137 Å². The molecule has 0 aliphatic heterocycles. The number of carbonyl (C=O) groups excluding carboxylic acids is 2. The maximum atomic E-state index is 13.1. The maximum Gasteiger partial charge on any atom is 0.272 e. The number of benzene rings is 3. The van der Waals surface area contributed by atoms with Gasteiger partial charge in [-0.15, -0.1) is 0 Å². The van der Waals surface area contributed by atoms with Crippen LogP contribution in [0.25, 0.3) is 10.8 Å². The molecule has 1 heterocycles. The Hall–Kier alpha value is -4.79. The third-order valence-electron chi connectivity index (χ3n) is 4.85. The summed E-state index contributed by atoms with van der Waals surface area (Å²) in [7, 11) is 0. The smallest absolute Gasteiger partial charge is 0.272 e. The molecule has 0 saturated carbocycles. The fourth-order valence-electron chi connectivity index (χ4n) is 3.21. The number of aromatic nitrogens is 2. The van der Waals surface area contributed by atoms with Crippen LogP contribution in [0.2, 0.25) is 0 Å². The summed E-state index contributed by atoms with van der Waals surface area (Å²) < 4.78 is 0. The molecule has 0 aliphatic carbocycles. The van der Waals surface area contributed by atoms with E-state index in [1.807, 2.05) is 0 Å². The van der Waals surface area contributed by atoms with E-state index in [9.17, 15) is 19.5 Å². The van der Waals surface area contributed by atoms with Crippen molar-refractivity contribution in [2.45, 2.75) is 6.04 Å². The molecule has 33 heavy (non-hydrogen) atoms. The van der Waals surface area contributed by atoms with Gasteiger partial charge in [-0.05, 0) is 48.0 Å². The first-order chi connectivity index (χ1) is 16.0. The minimum absolute atomic E-state index is 0.107. The van der Waals surface area contributed by atoms with Gasteiger partial charge in [0.1, 0.15) is 11.4 Å². The molecule has 0 fully saturated rings. The van der Waals surface area contributed by atoms with Gasteiger partial charge in [-0.25, -0.2) is 10.5 Å². The van der Waals surface area contributed by atoms with Crippen molar-refractivity contribution < 1.29 is 14.7 Å². The van der Waals surface area contributed by atoms with E-state index in [1.165, 1.54) is 18.3 Å². The van der Waals surface area contributed by atoms with Gasteiger partial charge >= 0.3 is 0 Å². The van der Waals surface area contributed by atoms with E-state index in [1.54, 1.807) is 66.7 Å². The second-order valence-corrected chi connectivity index (χ2v) is 7.08. The summed E-state index contributed by atoms with van der Waals surface area (Å²) in [5, 5.41) is 23.2. The van der Waals surface area contributed by atoms with Crippen LogP contribution < -0.4 is 16.3 Å². The standard InChI is InChI=1S/C24H19N5O4/c30-17-12-10-15(11-13-17)14-25-28-24(33)21(26-22(31)16-6-2-1-3-7-16)20-18-8-4-5-9-19(18)23(32)29-27-20/h1-14,21,30H,(H,26,31)(H,28,33)(H,29,32)/b25-14-/t21-/m1/s1. The van der Waals surface area contributed by atoms with Crippen LogP contribution in [0.4, 0.5) is 0 Å². The number of aromatic hydroxyl groups is 1. The van der Waals surface area contributed by atoms with Gasteiger partial charge in [-0.3, -0.25) is 14.4 Å². The van der Waals surface area contributed by atoms with E-state index < -0.39 is 23.4 Å². The summed E-state index contributed by atoms with van der Waals surface area (Å²) in [5.74, 6) is -1.04. The SMILES string of the molecule is O=C(N[C@@H](C(=O)N/N=C\c1ccc(O)cc1)c1n[nH]c(=O)c2ccccc12)c1ccccc1. The zero-order valence-corrected chi connectivity index (χ0v) is 17.2. The van der Waals surface area contributed by atoms with Gasteiger partial charge in [-0.2, -0.15) is 10.2 Å². The van der Waals surface area contributed by atoms with Crippen molar-refractivity contribution in [3.63, 3.8) is 0 Å². The van der Waals surface area contributed by atoms with E-state index in [4.69, 9.17) is 0 Å². The summed E-state index contributed by atoms with van der Waals surface area (Å²) in [6.07, 6.45) is 1.39. The van der Waals surface area contributed by atoms with Gasteiger partial charge in [0, 0.05) is 10.9 Å². The van der Waals surface area contributed by atoms with Crippen LogP contribution >= 0.6 is 0 Å². The van der Waals surface area contributed by atoms with Crippen LogP contribution in [0, 0.1) is 0 Å². The predicted molar refractivity (Wildman–Crippen MR) is 123 cm³/mol. The van der Waals surface area contributed by atoms with E-state index in [-0.39, 0.29) is 11.4 Å². The molecule has 0 bridgehead atoms. The summed E-state index contributed by atoms with van der Waals surface area (Å²) >= 11 is 0. The third kappa shape index (κ3) is 4.93. The highest BCUT2D eigenvalue weighted by Crippen LogP contribution is 2.20. The Morgan fingerprint density at radius 2 is 1.61 bits per heavy atom. The highest BCUT2D eigenvalue weighted by atomic mass is 16.3. The van der Waals surface area contributed by atoms with E-state index in [0.29, 0.717) is 21.9 Å². The molecule has 0 aliphatic rings. The first-order valence-corrected chi connectivity index (χ1v) is 9.98. The molecular weight excluding hydrogens is 422 g/mol. The lowest BCUT2D eigenvalue weighted by atomic mass is 10.0. The van der Waals surface area contributed by atoms with Crippen LogP contribution in [-0.2, 0) is 4.79 Å². The van der Waals surface area contributed by atoms with Crippen molar-refractivity contribution >= 4 is 28.8 Å². The van der Waals surface area contributed by atoms with Gasteiger partial charge in [0.05, 0.1) is 11.6 Å². The van der Waals surface area contributed by atoms with Gasteiger partial charge in [-0.1, -0.05) is 36.4 Å². The van der Waals surface area contributed by atoms with Gasteiger partial charge < -0.3 is 10.4 Å². The van der Waals surface area contributed by atoms with Crippen molar-refractivity contribution in [2.24, 2.45) is 5.10 Å². The molecule has 164 valence electrons. The average molecular weight is 441 g/mol. The zero-order valence-electron chi connectivity index (χ0n) is 17.2. The molecule has 0 radical (unpaired) electrons. The Balaban J connectivity index is 1.66. The molecule has 9 nitrogen and oxygen atoms in total. The minimum Gasteiger partial charge on any atom is -0.508 e. The number of phenolic OH excluding ortho intramolecular Hbond substituents is 1. The molecule has 9 heteroatoms. The lowest BCUT2D eigenvalue weighted by Gasteiger charge is -2.18. The van der Waals surface area contributed by atoms with Gasteiger partial charge in [0.2, 0.25) is 0 Å². The second-order valence-electron chi connectivity index (χ2n) is 7.08. The van der Waals surface area contributed by atoms with Crippen LogP contribution in [0.15, 0.2) is 88.8 Å². The number of nitrogens with one attached hydrogen (secondary N) is 3. The molecule has 4 rings (SSSR count). The average Bonchev–Trinajstić information content (AvgIpc) is 2.85. The van der Waals surface area contributed by atoms with Crippen molar-refractivity contribution in [3.05, 3.63) is 106 Å². The number of hydrogen-bond acceptors (Lipinski definition) is 6. The van der Waals surface area contributed by atoms with E-state index in [2.05, 4.69) is 26.0 Å². The number of fused-ring (bicyclic) bond motifs is 1. The van der Waals surface area contributed by atoms with E-state index >= 15 is 0 Å². The Bertz CT molecular complexity index is 1380. The molecular formula is C24H19N5O4. The highest BCUT2D eigenvalue weighted by molar-refractivity contribution is 5.99. The van der Waals surface area contributed by atoms with Crippen molar-refractivity contribution in [3.8, 4) is 5.75 Å². The van der Waals surface area contributed by atoms with Crippen molar-refractivity contribution in [1.29, 1.82) is 0 Å². The number of phenols is 1. The molecule has 3 aromatic carbocycles. The number of rotatable bonds is 6. The molecule has 4 N–H and O–H groups in total. The number of H-pyrrole nitrogens is 1. The summed E-state index contributed by atoms with van der Waals surface area (Å²) in [6, 6.07) is 20.1. The molecule has 1 atom stereocenters. The number of hydrazone groups is 1. The number of hydrogen-bond donors (Lipinski definition) is 4. The van der Waals surface area contributed by atoms with Crippen LogP contribution in [-0.4, -0.2) is 33.3 Å². The molecule has 4 aromatic rings. The first-order valence-electron chi connectivity index (χ1n) is 9.98. The monoisotopic (exact) mass is 441 g/mol. The number of nitrogens with zero attached hydrogens (tertiary/aromatic N) is 2.